The summed E-state index contributed by atoms with van der Waals surface area (Å²) in [5, 5.41) is 0. The van der Waals surface area contributed by atoms with E-state index in [1.54, 1.807) is 18.2 Å². The van der Waals surface area contributed by atoms with Crippen molar-refractivity contribution >= 4 is 15.9 Å². The van der Waals surface area contributed by atoms with Gasteiger partial charge in [0.1, 0.15) is 5.82 Å². The summed E-state index contributed by atoms with van der Waals surface area (Å²) in [5.41, 5.74) is 6.57. The predicted molar refractivity (Wildman–Crippen MR) is 64.6 cm³/mol. The summed E-state index contributed by atoms with van der Waals surface area (Å²) < 4.78 is 19.9. The van der Waals surface area contributed by atoms with Gasteiger partial charge in [0.25, 0.3) is 0 Å². The third-order valence-corrected chi connectivity index (χ3v) is 3.62. The molecule has 0 bridgehead atoms. The van der Waals surface area contributed by atoms with E-state index < -0.39 is 0 Å². The molecule has 0 spiro atoms. The second kappa shape index (κ2) is 4.82. The van der Waals surface area contributed by atoms with Gasteiger partial charge in [-0.05, 0) is 41.8 Å². The zero-order chi connectivity index (χ0) is 11.7. The van der Waals surface area contributed by atoms with Crippen LogP contribution in [-0.4, -0.2) is 12.2 Å². The van der Waals surface area contributed by atoms with Crippen molar-refractivity contribution in [2.45, 2.75) is 38.0 Å². The van der Waals surface area contributed by atoms with Crippen molar-refractivity contribution in [1.29, 1.82) is 0 Å². The molecule has 2 N–H and O–H groups in total. The Hall–Kier alpha value is -0.450. The first-order valence-electron chi connectivity index (χ1n) is 5.44. The third-order valence-electron chi connectivity index (χ3n) is 3.01. The zero-order valence-electron chi connectivity index (χ0n) is 9.12. The maximum Gasteiger partial charge on any atom is 0.142 e. The predicted octanol–water partition coefficient (Wildman–Crippen LogP) is 3.16. The van der Waals surface area contributed by atoms with E-state index in [1.807, 2.05) is 6.92 Å². The van der Waals surface area contributed by atoms with Crippen LogP contribution in [0, 0.1) is 5.82 Å². The normalized spacial score (nSPS) is 27.0. The Morgan fingerprint density at radius 1 is 1.50 bits per heavy atom. The highest BCUT2D eigenvalue weighted by Crippen LogP contribution is 2.31. The average molecular weight is 288 g/mol. The molecule has 0 aromatic heterocycles. The maximum atomic E-state index is 13.8. The lowest BCUT2D eigenvalue weighted by Crippen LogP contribution is -2.27. The quantitative estimate of drug-likeness (QED) is 0.907. The van der Waals surface area contributed by atoms with Gasteiger partial charge in [0.05, 0.1) is 22.7 Å². The highest BCUT2D eigenvalue weighted by Gasteiger charge is 2.29. The summed E-state index contributed by atoms with van der Waals surface area (Å²) in [5.74, 6) is -0.279. The molecule has 3 unspecified atom stereocenters. The first-order chi connectivity index (χ1) is 7.59. The van der Waals surface area contributed by atoms with E-state index in [1.165, 1.54) is 0 Å². The summed E-state index contributed by atoms with van der Waals surface area (Å²) in [6, 6.07) is 4.80. The molecule has 1 heterocycles. The van der Waals surface area contributed by atoms with Gasteiger partial charge in [0, 0.05) is 5.56 Å². The van der Waals surface area contributed by atoms with E-state index in [9.17, 15) is 4.39 Å². The summed E-state index contributed by atoms with van der Waals surface area (Å²) in [6.07, 6.45) is 2.05. The zero-order valence-corrected chi connectivity index (χ0v) is 10.7. The SMILES string of the molecule is CC1CCC(C(N)c2cccc(Br)c2F)O1. The molecule has 16 heavy (non-hydrogen) atoms. The minimum atomic E-state index is -0.387. The van der Waals surface area contributed by atoms with Gasteiger partial charge in [0.15, 0.2) is 0 Å². The Morgan fingerprint density at radius 3 is 2.88 bits per heavy atom. The van der Waals surface area contributed by atoms with Crippen molar-refractivity contribution in [2.75, 3.05) is 0 Å². The fraction of sp³-hybridized carbons (Fsp3) is 0.500. The van der Waals surface area contributed by atoms with Crippen molar-refractivity contribution < 1.29 is 9.13 Å². The number of halogens is 2. The first-order valence-corrected chi connectivity index (χ1v) is 6.24. The van der Waals surface area contributed by atoms with Crippen LogP contribution < -0.4 is 5.73 Å². The molecule has 3 atom stereocenters. The molecule has 88 valence electrons. The van der Waals surface area contributed by atoms with Crippen LogP contribution in [0.15, 0.2) is 22.7 Å². The number of ether oxygens (including phenoxy) is 1. The van der Waals surface area contributed by atoms with Crippen LogP contribution in [0.4, 0.5) is 4.39 Å². The molecule has 1 saturated heterocycles. The lowest BCUT2D eigenvalue weighted by molar-refractivity contribution is 0.0394. The van der Waals surface area contributed by atoms with Crippen LogP contribution in [0.3, 0.4) is 0 Å². The smallest absolute Gasteiger partial charge is 0.142 e. The molecule has 1 aliphatic rings. The molecule has 2 nitrogen and oxygen atoms in total. The van der Waals surface area contributed by atoms with Crippen LogP contribution in [-0.2, 0) is 4.74 Å². The third kappa shape index (κ3) is 2.29. The molecule has 0 radical (unpaired) electrons. The van der Waals surface area contributed by atoms with Gasteiger partial charge in [-0.15, -0.1) is 0 Å². The highest BCUT2D eigenvalue weighted by atomic mass is 79.9. The molecule has 0 saturated carbocycles. The molecular weight excluding hydrogens is 273 g/mol. The van der Waals surface area contributed by atoms with Gasteiger partial charge in [-0.25, -0.2) is 4.39 Å². The second-order valence-electron chi connectivity index (χ2n) is 4.23. The van der Waals surface area contributed by atoms with Crippen molar-refractivity contribution in [1.82, 2.24) is 0 Å². The van der Waals surface area contributed by atoms with Gasteiger partial charge in [-0.1, -0.05) is 12.1 Å². The van der Waals surface area contributed by atoms with E-state index in [0.29, 0.717) is 10.0 Å². The van der Waals surface area contributed by atoms with E-state index >= 15 is 0 Å². The van der Waals surface area contributed by atoms with Crippen molar-refractivity contribution in [2.24, 2.45) is 5.73 Å². The van der Waals surface area contributed by atoms with Crippen LogP contribution in [0.25, 0.3) is 0 Å². The van der Waals surface area contributed by atoms with Gasteiger partial charge in [0.2, 0.25) is 0 Å². The maximum absolute atomic E-state index is 13.8. The number of hydrogen-bond acceptors (Lipinski definition) is 2. The highest BCUT2D eigenvalue weighted by molar-refractivity contribution is 9.10. The number of nitrogens with two attached hydrogens (primary N) is 1. The van der Waals surface area contributed by atoms with E-state index in [2.05, 4.69) is 15.9 Å². The van der Waals surface area contributed by atoms with Crippen molar-refractivity contribution in [3.8, 4) is 0 Å². The standard InChI is InChI=1S/C12H15BrFNO/c1-7-5-6-10(16-7)12(15)8-3-2-4-9(13)11(8)14/h2-4,7,10,12H,5-6,15H2,1H3. The van der Waals surface area contributed by atoms with Crippen LogP contribution in [0.2, 0.25) is 0 Å². The molecule has 1 fully saturated rings. The van der Waals surface area contributed by atoms with Crippen LogP contribution >= 0.6 is 15.9 Å². The first kappa shape index (κ1) is 12.0. The average Bonchev–Trinajstić information content (AvgIpc) is 2.68. The Labute approximate surface area is 103 Å². The molecule has 0 aliphatic carbocycles. The van der Waals surface area contributed by atoms with Gasteiger partial charge in [-0.3, -0.25) is 0 Å². The fourth-order valence-electron chi connectivity index (χ4n) is 2.08. The number of benzene rings is 1. The van der Waals surface area contributed by atoms with E-state index in [4.69, 9.17) is 10.5 Å². The topological polar surface area (TPSA) is 35.2 Å². The van der Waals surface area contributed by atoms with Gasteiger partial charge in [-0.2, -0.15) is 0 Å². The molecule has 1 aliphatic heterocycles. The molecule has 2 rings (SSSR count). The minimum absolute atomic E-state index is 0.0706. The molecule has 4 heteroatoms. The van der Waals surface area contributed by atoms with E-state index in [0.717, 1.165) is 12.8 Å². The summed E-state index contributed by atoms with van der Waals surface area (Å²) in [6.45, 7) is 2.02. The minimum Gasteiger partial charge on any atom is -0.373 e. The Kier molecular flexibility index (Phi) is 3.62. The monoisotopic (exact) mass is 287 g/mol. The van der Waals surface area contributed by atoms with Crippen LogP contribution in [0.5, 0.6) is 0 Å². The largest absolute Gasteiger partial charge is 0.373 e. The van der Waals surface area contributed by atoms with Gasteiger partial charge < -0.3 is 10.5 Å². The Morgan fingerprint density at radius 2 is 2.25 bits per heavy atom. The summed E-state index contributed by atoms with van der Waals surface area (Å²) in [4.78, 5) is 0. The number of rotatable bonds is 2. The lowest BCUT2D eigenvalue weighted by Gasteiger charge is -2.20. The molecular formula is C12H15BrFNO. The molecule has 1 aromatic carbocycles. The Balaban J connectivity index is 2.20. The van der Waals surface area contributed by atoms with Crippen molar-refractivity contribution in [3.63, 3.8) is 0 Å². The van der Waals surface area contributed by atoms with Gasteiger partial charge >= 0.3 is 0 Å². The Bertz CT molecular complexity index is 385. The molecule has 0 amide bonds. The lowest BCUT2D eigenvalue weighted by atomic mass is 10.00. The summed E-state index contributed by atoms with van der Waals surface area (Å²) >= 11 is 3.16. The fourth-order valence-corrected chi connectivity index (χ4v) is 2.46. The summed E-state index contributed by atoms with van der Waals surface area (Å²) in [7, 11) is 0. The second-order valence-corrected chi connectivity index (χ2v) is 5.09. The van der Waals surface area contributed by atoms with Crippen molar-refractivity contribution in [3.05, 3.63) is 34.1 Å². The van der Waals surface area contributed by atoms with E-state index in [-0.39, 0.29) is 24.1 Å². The van der Waals surface area contributed by atoms with Crippen LogP contribution in [0.1, 0.15) is 31.4 Å². The molecule has 1 aromatic rings. The number of hydrogen-bond donors (Lipinski definition) is 1.